The highest BCUT2D eigenvalue weighted by molar-refractivity contribution is 4.96. The Morgan fingerprint density at radius 2 is 2.05 bits per heavy atom. The molecule has 0 spiro atoms. The lowest BCUT2D eigenvalue weighted by atomic mass is 10.00. The molecule has 1 rings (SSSR count). The molecule has 1 fully saturated rings. The first-order valence-electron chi connectivity index (χ1n) is 7.35. The molecule has 1 aliphatic rings. The molecular formula is C15H29NO3. The second-order valence-corrected chi connectivity index (χ2v) is 5.44. The van der Waals surface area contributed by atoms with Crippen molar-refractivity contribution in [2.75, 3.05) is 27.3 Å². The van der Waals surface area contributed by atoms with Crippen LogP contribution in [0.15, 0.2) is 12.2 Å². The Balaban J connectivity index is 2.24. The molecule has 4 unspecified atom stereocenters. The zero-order chi connectivity index (χ0) is 14.1. The second kappa shape index (κ2) is 9.48. The van der Waals surface area contributed by atoms with Crippen molar-refractivity contribution >= 4 is 0 Å². The summed E-state index contributed by atoms with van der Waals surface area (Å²) in [5.74, 6) is 0.296. The maximum absolute atomic E-state index is 10.1. The first-order chi connectivity index (χ1) is 9.24. The Morgan fingerprint density at radius 3 is 2.63 bits per heavy atom. The van der Waals surface area contributed by atoms with E-state index >= 15 is 0 Å². The molecule has 4 nitrogen and oxygen atoms in total. The lowest BCUT2D eigenvalue weighted by Gasteiger charge is -2.19. The third kappa shape index (κ3) is 5.22. The minimum Gasteiger partial charge on any atom is -0.396 e. The van der Waals surface area contributed by atoms with E-state index in [1.54, 1.807) is 7.11 Å². The first-order valence-corrected chi connectivity index (χ1v) is 7.35. The van der Waals surface area contributed by atoms with E-state index in [0.717, 1.165) is 25.8 Å². The lowest BCUT2D eigenvalue weighted by Crippen LogP contribution is -2.31. The van der Waals surface area contributed by atoms with Gasteiger partial charge in [-0.05, 0) is 51.6 Å². The van der Waals surface area contributed by atoms with Crippen molar-refractivity contribution in [3.05, 3.63) is 12.2 Å². The number of allylic oxidation sites excluding steroid dienone is 2. The topological polar surface area (TPSA) is 61.7 Å². The average molecular weight is 271 g/mol. The lowest BCUT2D eigenvalue weighted by molar-refractivity contribution is -0.0337. The SMILES string of the molecule is CNCCCC/C=C/CC1CC(CO)C(OC)C1O. The molecular weight excluding hydrogens is 242 g/mol. The molecule has 4 atom stereocenters. The number of rotatable bonds is 9. The van der Waals surface area contributed by atoms with Crippen molar-refractivity contribution in [3.63, 3.8) is 0 Å². The van der Waals surface area contributed by atoms with Crippen LogP contribution in [0, 0.1) is 11.8 Å². The van der Waals surface area contributed by atoms with Crippen molar-refractivity contribution in [2.45, 2.75) is 44.3 Å². The van der Waals surface area contributed by atoms with Crippen LogP contribution in [0.3, 0.4) is 0 Å². The number of methoxy groups -OCH3 is 1. The standard InChI is InChI=1S/C15H29NO3/c1-16-9-7-5-3-4-6-8-12-10-13(11-17)15(19-2)14(12)18/h4,6,12-18H,3,5,7-11H2,1-2H3/b6-4+. The summed E-state index contributed by atoms with van der Waals surface area (Å²) in [6, 6.07) is 0. The fraction of sp³-hybridized carbons (Fsp3) is 0.867. The Hall–Kier alpha value is -0.420. The molecule has 0 aromatic rings. The van der Waals surface area contributed by atoms with E-state index in [1.807, 2.05) is 7.05 Å². The normalized spacial score (nSPS) is 31.4. The van der Waals surface area contributed by atoms with Crippen LogP contribution in [0.1, 0.15) is 32.1 Å². The number of unbranched alkanes of at least 4 members (excludes halogenated alkanes) is 2. The van der Waals surface area contributed by atoms with E-state index < -0.39 is 6.10 Å². The molecule has 112 valence electrons. The van der Waals surface area contributed by atoms with Crippen molar-refractivity contribution in [1.82, 2.24) is 5.32 Å². The molecule has 1 saturated carbocycles. The van der Waals surface area contributed by atoms with Gasteiger partial charge in [-0.3, -0.25) is 0 Å². The van der Waals surface area contributed by atoms with Crippen LogP contribution in [0.5, 0.6) is 0 Å². The van der Waals surface area contributed by atoms with Gasteiger partial charge >= 0.3 is 0 Å². The van der Waals surface area contributed by atoms with E-state index in [0.29, 0.717) is 0 Å². The van der Waals surface area contributed by atoms with Gasteiger partial charge in [0.05, 0.1) is 12.2 Å². The maximum atomic E-state index is 10.1. The molecule has 1 aliphatic carbocycles. The van der Waals surface area contributed by atoms with Gasteiger partial charge < -0.3 is 20.3 Å². The van der Waals surface area contributed by atoms with E-state index in [4.69, 9.17) is 4.74 Å². The summed E-state index contributed by atoms with van der Waals surface area (Å²) in [5, 5.41) is 22.6. The number of hydrogen-bond acceptors (Lipinski definition) is 4. The number of aliphatic hydroxyl groups is 2. The summed E-state index contributed by atoms with van der Waals surface area (Å²) in [4.78, 5) is 0. The quantitative estimate of drug-likeness (QED) is 0.437. The predicted molar refractivity (Wildman–Crippen MR) is 77.0 cm³/mol. The molecule has 4 heteroatoms. The third-order valence-corrected chi connectivity index (χ3v) is 4.05. The van der Waals surface area contributed by atoms with Gasteiger partial charge in [0.1, 0.15) is 0 Å². The molecule has 0 amide bonds. The van der Waals surface area contributed by atoms with Gasteiger partial charge in [-0.2, -0.15) is 0 Å². The van der Waals surface area contributed by atoms with Crippen LogP contribution in [-0.4, -0.2) is 49.7 Å². The van der Waals surface area contributed by atoms with Gasteiger partial charge in [-0.1, -0.05) is 12.2 Å². The number of nitrogens with one attached hydrogen (secondary N) is 1. The molecule has 0 saturated heterocycles. The first kappa shape index (κ1) is 16.6. The van der Waals surface area contributed by atoms with Crippen LogP contribution in [0.25, 0.3) is 0 Å². The smallest absolute Gasteiger partial charge is 0.0883 e. The van der Waals surface area contributed by atoms with Crippen molar-refractivity contribution in [1.29, 1.82) is 0 Å². The Kier molecular flexibility index (Phi) is 8.30. The average Bonchev–Trinajstić information content (AvgIpc) is 2.73. The van der Waals surface area contributed by atoms with Crippen LogP contribution < -0.4 is 5.32 Å². The summed E-state index contributed by atoms with van der Waals surface area (Å²) in [5.41, 5.74) is 0. The zero-order valence-electron chi connectivity index (χ0n) is 12.2. The summed E-state index contributed by atoms with van der Waals surface area (Å²) in [6.07, 6.45) is 8.94. The van der Waals surface area contributed by atoms with Gasteiger partial charge in [-0.25, -0.2) is 0 Å². The monoisotopic (exact) mass is 271 g/mol. The fourth-order valence-corrected chi connectivity index (χ4v) is 2.91. The molecule has 19 heavy (non-hydrogen) atoms. The van der Waals surface area contributed by atoms with Crippen LogP contribution >= 0.6 is 0 Å². The predicted octanol–water partition coefficient (Wildman–Crippen LogP) is 1.33. The van der Waals surface area contributed by atoms with Gasteiger partial charge in [0.15, 0.2) is 0 Å². The van der Waals surface area contributed by atoms with E-state index in [-0.39, 0.29) is 24.5 Å². The number of ether oxygens (including phenoxy) is 1. The summed E-state index contributed by atoms with van der Waals surface area (Å²) >= 11 is 0. The minimum absolute atomic E-state index is 0.0778. The molecule has 3 N–H and O–H groups in total. The molecule has 0 heterocycles. The molecule has 0 radical (unpaired) electrons. The third-order valence-electron chi connectivity index (χ3n) is 4.05. The van der Waals surface area contributed by atoms with Crippen LogP contribution in [0.4, 0.5) is 0 Å². The Labute approximate surface area is 116 Å². The van der Waals surface area contributed by atoms with Crippen LogP contribution in [-0.2, 0) is 4.74 Å². The minimum atomic E-state index is -0.448. The molecule has 0 aliphatic heterocycles. The molecule has 0 aromatic carbocycles. The highest BCUT2D eigenvalue weighted by atomic mass is 16.5. The Morgan fingerprint density at radius 1 is 1.26 bits per heavy atom. The van der Waals surface area contributed by atoms with Crippen molar-refractivity contribution in [2.24, 2.45) is 11.8 Å². The fourth-order valence-electron chi connectivity index (χ4n) is 2.91. The van der Waals surface area contributed by atoms with Crippen molar-refractivity contribution in [3.8, 4) is 0 Å². The summed E-state index contributed by atoms with van der Waals surface area (Å²) in [7, 11) is 3.58. The van der Waals surface area contributed by atoms with Crippen molar-refractivity contribution < 1.29 is 14.9 Å². The molecule has 0 aromatic heterocycles. The summed E-state index contributed by atoms with van der Waals surface area (Å²) < 4.78 is 5.29. The maximum Gasteiger partial charge on any atom is 0.0883 e. The van der Waals surface area contributed by atoms with E-state index in [2.05, 4.69) is 17.5 Å². The second-order valence-electron chi connectivity index (χ2n) is 5.44. The number of aliphatic hydroxyl groups excluding tert-OH is 2. The van der Waals surface area contributed by atoms with Gasteiger partial charge in [-0.15, -0.1) is 0 Å². The highest BCUT2D eigenvalue weighted by Gasteiger charge is 2.41. The largest absolute Gasteiger partial charge is 0.396 e. The highest BCUT2D eigenvalue weighted by Crippen LogP contribution is 2.35. The van der Waals surface area contributed by atoms with Gasteiger partial charge in [0.25, 0.3) is 0 Å². The zero-order valence-corrected chi connectivity index (χ0v) is 12.2. The van der Waals surface area contributed by atoms with Crippen LogP contribution in [0.2, 0.25) is 0 Å². The van der Waals surface area contributed by atoms with Gasteiger partial charge in [0.2, 0.25) is 0 Å². The van der Waals surface area contributed by atoms with E-state index in [9.17, 15) is 10.2 Å². The summed E-state index contributed by atoms with van der Waals surface area (Å²) in [6.45, 7) is 1.17. The number of hydrogen-bond donors (Lipinski definition) is 3. The van der Waals surface area contributed by atoms with Gasteiger partial charge in [0, 0.05) is 19.6 Å². The van der Waals surface area contributed by atoms with E-state index in [1.165, 1.54) is 12.8 Å². The molecule has 0 bridgehead atoms. The Bertz CT molecular complexity index is 258.